The van der Waals surface area contributed by atoms with Crippen LogP contribution in [0, 0.1) is 0 Å². The van der Waals surface area contributed by atoms with E-state index in [9.17, 15) is 19.2 Å². The molecule has 1 fully saturated rings. The molecule has 4 rings (SSSR count). The quantitative estimate of drug-likeness (QED) is 0.572. The highest BCUT2D eigenvalue weighted by Crippen LogP contribution is 2.36. The summed E-state index contributed by atoms with van der Waals surface area (Å²) < 4.78 is 11.1. The standard InChI is InChI=1S/C23H24N4O6/c1-23(16-7-8-17-18(13-16)33-12-11-32-17)20(29)27(22(31)26-23)10-9-19(28)25-21(30)24-14-15-5-3-2-4-6-15/h2-8,13H,9-12,14H2,1H3,(H,26,31)(H2,24,25,28,30)/t23-/m0/s1. The van der Waals surface area contributed by atoms with E-state index in [1.807, 2.05) is 30.3 Å². The van der Waals surface area contributed by atoms with Gasteiger partial charge in [-0.3, -0.25) is 19.8 Å². The fourth-order valence-electron chi connectivity index (χ4n) is 3.67. The van der Waals surface area contributed by atoms with Gasteiger partial charge in [0, 0.05) is 19.5 Å². The molecule has 0 aliphatic carbocycles. The molecule has 2 heterocycles. The second-order valence-corrected chi connectivity index (χ2v) is 7.84. The molecule has 0 radical (unpaired) electrons. The van der Waals surface area contributed by atoms with Crippen LogP contribution < -0.4 is 25.4 Å². The first-order chi connectivity index (χ1) is 15.9. The topological polar surface area (TPSA) is 126 Å². The van der Waals surface area contributed by atoms with Gasteiger partial charge in [0.25, 0.3) is 5.91 Å². The Balaban J connectivity index is 1.32. The Kier molecular flexibility index (Phi) is 6.16. The Labute approximate surface area is 190 Å². The molecule has 10 heteroatoms. The highest BCUT2D eigenvalue weighted by Gasteiger charge is 2.49. The number of benzene rings is 2. The van der Waals surface area contributed by atoms with Crippen molar-refractivity contribution in [1.29, 1.82) is 0 Å². The molecule has 0 saturated carbocycles. The lowest BCUT2D eigenvalue weighted by Crippen LogP contribution is -2.42. The predicted octanol–water partition coefficient (Wildman–Crippen LogP) is 1.64. The molecular formula is C23H24N4O6. The lowest BCUT2D eigenvalue weighted by molar-refractivity contribution is -0.131. The van der Waals surface area contributed by atoms with Crippen molar-refractivity contribution in [3.63, 3.8) is 0 Å². The van der Waals surface area contributed by atoms with Crippen molar-refractivity contribution in [3.05, 3.63) is 59.7 Å². The first kappa shape index (κ1) is 22.1. The zero-order valence-electron chi connectivity index (χ0n) is 18.1. The van der Waals surface area contributed by atoms with E-state index in [0.717, 1.165) is 10.5 Å². The Morgan fingerprint density at radius 1 is 1.06 bits per heavy atom. The molecule has 33 heavy (non-hydrogen) atoms. The molecule has 2 aliphatic heterocycles. The van der Waals surface area contributed by atoms with Crippen LogP contribution in [-0.4, -0.2) is 48.5 Å². The van der Waals surface area contributed by atoms with E-state index in [1.54, 1.807) is 25.1 Å². The van der Waals surface area contributed by atoms with E-state index >= 15 is 0 Å². The average Bonchev–Trinajstić information content (AvgIpc) is 3.05. The summed E-state index contributed by atoms with van der Waals surface area (Å²) in [5.41, 5.74) is 0.117. The Bertz CT molecular complexity index is 1090. The number of nitrogens with one attached hydrogen (secondary N) is 3. The normalized spacial score (nSPS) is 19.1. The van der Waals surface area contributed by atoms with Gasteiger partial charge in [-0.15, -0.1) is 0 Å². The maximum atomic E-state index is 13.1. The zero-order valence-corrected chi connectivity index (χ0v) is 18.1. The number of fused-ring (bicyclic) bond motifs is 1. The van der Waals surface area contributed by atoms with Crippen molar-refractivity contribution < 1.29 is 28.7 Å². The molecule has 0 bridgehead atoms. The third-order valence-electron chi connectivity index (χ3n) is 5.51. The lowest BCUT2D eigenvalue weighted by atomic mass is 9.91. The number of carbonyl (C=O) groups excluding carboxylic acids is 4. The third kappa shape index (κ3) is 4.74. The van der Waals surface area contributed by atoms with Gasteiger partial charge >= 0.3 is 12.1 Å². The van der Waals surface area contributed by atoms with Gasteiger partial charge in [0.1, 0.15) is 18.8 Å². The molecule has 2 aromatic carbocycles. The van der Waals surface area contributed by atoms with E-state index in [-0.39, 0.29) is 19.5 Å². The van der Waals surface area contributed by atoms with Gasteiger partial charge in [-0.1, -0.05) is 36.4 Å². The van der Waals surface area contributed by atoms with Crippen LogP contribution in [0.15, 0.2) is 48.5 Å². The average molecular weight is 452 g/mol. The summed E-state index contributed by atoms with van der Waals surface area (Å²) in [6.07, 6.45) is -0.213. The molecule has 2 aliphatic rings. The molecule has 1 atom stereocenters. The first-order valence-electron chi connectivity index (χ1n) is 10.5. The van der Waals surface area contributed by atoms with Crippen LogP contribution in [0.25, 0.3) is 0 Å². The molecule has 0 aromatic heterocycles. The van der Waals surface area contributed by atoms with Crippen LogP contribution in [0.3, 0.4) is 0 Å². The van der Waals surface area contributed by atoms with E-state index in [4.69, 9.17) is 9.47 Å². The summed E-state index contributed by atoms with van der Waals surface area (Å²) in [4.78, 5) is 50.6. The molecule has 6 amide bonds. The summed E-state index contributed by atoms with van der Waals surface area (Å²) in [6.45, 7) is 2.53. The van der Waals surface area contributed by atoms with Crippen molar-refractivity contribution in [3.8, 4) is 11.5 Å². The Hall–Kier alpha value is -4.08. The van der Waals surface area contributed by atoms with Gasteiger partial charge in [0.2, 0.25) is 5.91 Å². The molecule has 2 aromatic rings. The summed E-state index contributed by atoms with van der Waals surface area (Å²) in [6, 6.07) is 13.0. The highest BCUT2D eigenvalue weighted by atomic mass is 16.6. The number of hydrogen-bond acceptors (Lipinski definition) is 6. The minimum Gasteiger partial charge on any atom is -0.486 e. The Morgan fingerprint density at radius 3 is 2.55 bits per heavy atom. The number of carbonyl (C=O) groups is 4. The first-order valence-corrected chi connectivity index (χ1v) is 10.5. The molecule has 0 unspecified atom stereocenters. The number of ether oxygens (including phenoxy) is 2. The van der Waals surface area contributed by atoms with E-state index in [2.05, 4.69) is 16.0 Å². The number of urea groups is 2. The van der Waals surface area contributed by atoms with E-state index in [0.29, 0.717) is 30.3 Å². The number of imide groups is 2. The largest absolute Gasteiger partial charge is 0.486 e. The number of amides is 6. The lowest BCUT2D eigenvalue weighted by Gasteiger charge is -2.25. The van der Waals surface area contributed by atoms with Crippen molar-refractivity contribution in [2.24, 2.45) is 0 Å². The monoisotopic (exact) mass is 452 g/mol. The maximum absolute atomic E-state index is 13.1. The van der Waals surface area contributed by atoms with Gasteiger partial charge in [0.05, 0.1) is 0 Å². The summed E-state index contributed by atoms with van der Waals surface area (Å²) in [7, 11) is 0. The molecular weight excluding hydrogens is 428 g/mol. The third-order valence-corrected chi connectivity index (χ3v) is 5.51. The van der Waals surface area contributed by atoms with Gasteiger partial charge in [-0.05, 0) is 30.2 Å². The fourth-order valence-corrected chi connectivity index (χ4v) is 3.67. The van der Waals surface area contributed by atoms with Crippen LogP contribution in [0.4, 0.5) is 9.59 Å². The minimum absolute atomic E-state index is 0.164. The fraction of sp³-hybridized carbons (Fsp3) is 0.304. The van der Waals surface area contributed by atoms with Crippen molar-refractivity contribution in [2.75, 3.05) is 19.8 Å². The predicted molar refractivity (Wildman–Crippen MR) is 116 cm³/mol. The van der Waals surface area contributed by atoms with Crippen LogP contribution in [0.2, 0.25) is 0 Å². The number of hydrogen-bond donors (Lipinski definition) is 3. The van der Waals surface area contributed by atoms with Crippen LogP contribution in [0.1, 0.15) is 24.5 Å². The van der Waals surface area contributed by atoms with E-state index < -0.39 is 29.4 Å². The van der Waals surface area contributed by atoms with Crippen LogP contribution >= 0.6 is 0 Å². The van der Waals surface area contributed by atoms with Gasteiger partial charge in [-0.25, -0.2) is 9.59 Å². The Morgan fingerprint density at radius 2 is 1.79 bits per heavy atom. The molecule has 0 spiro atoms. The van der Waals surface area contributed by atoms with Crippen LogP contribution in [0.5, 0.6) is 11.5 Å². The smallest absolute Gasteiger partial charge is 0.325 e. The summed E-state index contributed by atoms with van der Waals surface area (Å²) in [5, 5.41) is 7.47. The minimum atomic E-state index is -1.31. The van der Waals surface area contributed by atoms with E-state index in [1.165, 1.54) is 0 Å². The maximum Gasteiger partial charge on any atom is 0.325 e. The highest BCUT2D eigenvalue weighted by molar-refractivity contribution is 6.07. The van der Waals surface area contributed by atoms with Crippen LogP contribution in [-0.2, 0) is 21.7 Å². The van der Waals surface area contributed by atoms with Gasteiger partial charge in [0.15, 0.2) is 11.5 Å². The molecule has 10 nitrogen and oxygen atoms in total. The molecule has 1 saturated heterocycles. The van der Waals surface area contributed by atoms with Crippen molar-refractivity contribution >= 4 is 23.9 Å². The second-order valence-electron chi connectivity index (χ2n) is 7.84. The molecule has 172 valence electrons. The SMILES string of the molecule is C[C@@]1(c2ccc3c(c2)OCCO3)NC(=O)N(CCC(=O)NC(=O)NCc2ccccc2)C1=O. The van der Waals surface area contributed by atoms with Gasteiger partial charge < -0.3 is 20.1 Å². The zero-order chi connectivity index (χ0) is 23.4. The number of rotatable bonds is 6. The summed E-state index contributed by atoms with van der Waals surface area (Å²) in [5.74, 6) is -0.0228. The summed E-state index contributed by atoms with van der Waals surface area (Å²) >= 11 is 0. The number of nitrogens with zero attached hydrogens (tertiary/aromatic N) is 1. The second kappa shape index (κ2) is 9.19. The molecule has 3 N–H and O–H groups in total. The van der Waals surface area contributed by atoms with Crippen molar-refractivity contribution in [2.45, 2.75) is 25.4 Å². The van der Waals surface area contributed by atoms with Gasteiger partial charge in [-0.2, -0.15) is 0 Å². The van der Waals surface area contributed by atoms with Crippen molar-refractivity contribution in [1.82, 2.24) is 20.9 Å².